The van der Waals surface area contributed by atoms with Gasteiger partial charge in [-0.1, -0.05) is 18.2 Å². The topological polar surface area (TPSA) is 47.6 Å². The van der Waals surface area contributed by atoms with Gasteiger partial charge in [-0.25, -0.2) is 4.39 Å². The summed E-state index contributed by atoms with van der Waals surface area (Å²) in [5.74, 6) is 0.937. The second-order valence-electron chi connectivity index (χ2n) is 5.24. The van der Waals surface area contributed by atoms with E-state index >= 15 is 0 Å². The van der Waals surface area contributed by atoms with Crippen LogP contribution in [0.5, 0.6) is 0 Å². The van der Waals surface area contributed by atoms with E-state index in [2.05, 4.69) is 4.99 Å². The normalized spacial score (nSPS) is 34.5. The van der Waals surface area contributed by atoms with Crippen molar-refractivity contribution in [1.82, 2.24) is 0 Å². The third kappa shape index (κ3) is 2.05. The molecule has 1 aromatic rings. The highest BCUT2D eigenvalue weighted by Crippen LogP contribution is 2.46. The van der Waals surface area contributed by atoms with Crippen molar-refractivity contribution in [2.75, 3.05) is 12.4 Å². The summed E-state index contributed by atoms with van der Waals surface area (Å²) in [6, 6.07) is 6.76. The first-order chi connectivity index (χ1) is 9.06. The number of aliphatic imine (C=N–C) groups is 1. The molecule has 0 amide bonds. The molecule has 2 N–H and O–H groups in total. The number of nitrogens with zero attached hydrogens (tertiary/aromatic N) is 1. The van der Waals surface area contributed by atoms with E-state index in [1.807, 2.05) is 13.0 Å². The van der Waals surface area contributed by atoms with Crippen LogP contribution in [0.15, 0.2) is 29.3 Å². The largest absolute Gasteiger partial charge is 0.384 e. The minimum absolute atomic E-state index is 0.231. The first kappa shape index (κ1) is 12.9. The maximum atomic E-state index is 14.0. The van der Waals surface area contributed by atoms with Gasteiger partial charge in [0.2, 0.25) is 0 Å². The lowest BCUT2D eigenvalue weighted by Crippen LogP contribution is -2.48. The Kier molecular flexibility index (Phi) is 3.06. The summed E-state index contributed by atoms with van der Waals surface area (Å²) in [4.78, 5) is 4.12. The van der Waals surface area contributed by atoms with Gasteiger partial charge in [-0.3, -0.25) is 4.99 Å². The molecular formula is C14H17FN2OS. The maximum absolute atomic E-state index is 14.0. The van der Waals surface area contributed by atoms with Crippen LogP contribution in [0.1, 0.15) is 25.3 Å². The summed E-state index contributed by atoms with van der Waals surface area (Å²) in [6.07, 6.45) is 1.89. The maximum Gasteiger partial charge on any atom is 0.170 e. The lowest BCUT2D eigenvalue weighted by Gasteiger charge is -2.38. The minimum atomic E-state index is -0.614. The highest BCUT2D eigenvalue weighted by molar-refractivity contribution is 8.01. The van der Waals surface area contributed by atoms with Crippen LogP contribution in [0.4, 0.5) is 4.39 Å². The fourth-order valence-electron chi connectivity index (χ4n) is 2.68. The molecule has 0 saturated carbocycles. The molecule has 0 aromatic heterocycles. The summed E-state index contributed by atoms with van der Waals surface area (Å²) in [6.45, 7) is 2.65. The van der Waals surface area contributed by atoms with E-state index in [1.165, 1.54) is 6.07 Å². The van der Waals surface area contributed by atoms with Crippen molar-refractivity contribution in [1.29, 1.82) is 0 Å². The predicted molar refractivity (Wildman–Crippen MR) is 75.7 cm³/mol. The van der Waals surface area contributed by atoms with Gasteiger partial charge in [0.1, 0.15) is 11.7 Å². The van der Waals surface area contributed by atoms with E-state index < -0.39 is 10.5 Å². The van der Waals surface area contributed by atoms with Gasteiger partial charge in [0.25, 0.3) is 0 Å². The van der Waals surface area contributed by atoms with Crippen molar-refractivity contribution in [2.45, 2.75) is 30.2 Å². The number of hydrogen-bond acceptors (Lipinski definition) is 4. The molecule has 2 aliphatic rings. The van der Waals surface area contributed by atoms with Crippen molar-refractivity contribution >= 4 is 17.6 Å². The van der Waals surface area contributed by atoms with Crippen molar-refractivity contribution in [3.8, 4) is 0 Å². The van der Waals surface area contributed by atoms with Crippen LogP contribution in [-0.2, 0) is 10.3 Å². The van der Waals surface area contributed by atoms with Gasteiger partial charge in [-0.2, -0.15) is 0 Å². The Labute approximate surface area is 116 Å². The zero-order valence-electron chi connectivity index (χ0n) is 10.9. The number of benzene rings is 1. The molecule has 2 aliphatic heterocycles. The first-order valence-corrected chi connectivity index (χ1v) is 7.43. The van der Waals surface area contributed by atoms with Crippen LogP contribution in [0.3, 0.4) is 0 Å². The van der Waals surface area contributed by atoms with Gasteiger partial charge in [-0.05, 0) is 25.8 Å². The number of thioether (sulfide) groups is 1. The van der Waals surface area contributed by atoms with Gasteiger partial charge < -0.3 is 10.5 Å². The lowest BCUT2D eigenvalue weighted by atomic mass is 9.93. The zero-order valence-corrected chi connectivity index (χ0v) is 11.7. The third-order valence-corrected chi connectivity index (χ3v) is 5.49. The minimum Gasteiger partial charge on any atom is -0.384 e. The summed E-state index contributed by atoms with van der Waals surface area (Å²) >= 11 is 1.65. The molecule has 0 radical (unpaired) electrons. The van der Waals surface area contributed by atoms with Crippen LogP contribution >= 0.6 is 11.8 Å². The Morgan fingerprint density at radius 3 is 2.84 bits per heavy atom. The Morgan fingerprint density at radius 1 is 1.42 bits per heavy atom. The van der Waals surface area contributed by atoms with E-state index in [-0.39, 0.29) is 5.82 Å². The van der Waals surface area contributed by atoms with Gasteiger partial charge >= 0.3 is 0 Å². The molecule has 3 rings (SSSR count). The fourth-order valence-corrected chi connectivity index (χ4v) is 4.06. The van der Waals surface area contributed by atoms with Crippen molar-refractivity contribution in [3.05, 3.63) is 35.6 Å². The molecule has 2 heterocycles. The van der Waals surface area contributed by atoms with Gasteiger partial charge in [0, 0.05) is 17.9 Å². The van der Waals surface area contributed by atoms with E-state index in [9.17, 15) is 4.39 Å². The monoisotopic (exact) mass is 280 g/mol. The molecule has 5 heteroatoms. The molecule has 19 heavy (non-hydrogen) atoms. The standard InChI is InChI=1S/C14H17FN2OS/c1-13(10-5-2-3-6-11(10)15)9-19-14(12(16)17-13)7-4-8-18-14/h2-3,5-6H,4,7-9H2,1H3,(H2,16,17)/t13-,14?/m0/s1. The highest BCUT2D eigenvalue weighted by atomic mass is 32.2. The number of halogens is 1. The van der Waals surface area contributed by atoms with Crippen LogP contribution < -0.4 is 5.73 Å². The number of nitrogens with two attached hydrogens (primary N) is 1. The number of rotatable bonds is 1. The number of hydrogen-bond donors (Lipinski definition) is 1. The average Bonchev–Trinajstić information content (AvgIpc) is 2.85. The first-order valence-electron chi connectivity index (χ1n) is 6.44. The Bertz CT molecular complexity index is 528. The van der Waals surface area contributed by atoms with E-state index in [4.69, 9.17) is 10.5 Å². The predicted octanol–water partition coefficient (Wildman–Crippen LogP) is 2.65. The van der Waals surface area contributed by atoms with Gasteiger partial charge in [0.15, 0.2) is 4.93 Å². The average molecular weight is 280 g/mol. The molecular weight excluding hydrogens is 263 g/mol. The van der Waals surface area contributed by atoms with Gasteiger partial charge in [0.05, 0.1) is 5.54 Å². The highest BCUT2D eigenvalue weighted by Gasteiger charge is 2.47. The van der Waals surface area contributed by atoms with Crippen molar-refractivity contribution in [2.24, 2.45) is 10.7 Å². The third-order valence-electron chi connectivity index (χ3n) is 3.78. The molecule has 1 saturated heterocycles. The zero-order chi connectivity index (χ0) is 13.5. The molecule has 102 valence electrons. The molecule has 0 aliphatic carbocycles. The molecule has 1 spiro atoms. The Balaban J connectivity index is 1.99. The van der Waals surface area contributed by atoms with Crippen LogP contribution in [0, 0.1) is 5.82 Å². The second-order valence-corrected chi connectivity index (χ2v) is 6.48. The van der Waals surface area contributed by atoms with E-state index in [0.717, 1.165) is 19.4 Å². The van der Waals surface area contributed by atoms with Gasteiger partial charge in [-0.15, -0.1) is 11.8 Å². The Morgan fingerprint density at radius 2 is 2.21 bits per heavy atom. The van der Waals surface area contributed by atoms with Crippen LogP contribution in [0.25, 0.3) is 0 Å². The molecule has 2 atom stereocenters. The van der Waals surface area contributed by atoms with Crippen LogP contribution in [0.2, 0.25) is 0 Å². The fraction of sp³-hybridized carbons (Fsp3) is 0.500. The quantitative estimate of drug-likeness (QED) is 0.860. The van der Waals surface area contributed by atoms with Crippen molar-refractivity contribution in [3.63, 3.8) is 0 Å². The molecule has 1 fully saturated rings. The summed E-state index contributed by atoms with van der Waals surface area (Å²) in [5.41, 5.74) is 6.10. The molecule has 3 nitrogen and oxygen atoms in total. The lowest BCUT2D eigenvalue weighted by molar-refractivity contribution is 0.129. The Hall–Kier alpha value is -1.07. The number of amidine groups is 1. The summed E-state index contributed by atoms with van der Waals surface area (Å²) < 4.78 is 19.7. The molecule has 0 bridgehead atoms. The summed E-state index contributed by atoms with van der Waals surface area (Å²) in [5, 5.41) is 0. The smallest absolute Gasteiger partial charge is 0.170 e. The summed E-state index contributed by atoms with van der Waals surface area (Å²) in [7, 11) is 0. The van der Waals surface area contributed by atoms with E-state index in [0.29, 0.717) is 17.2 Å². The van der Waals surface area contributed by atoms with Crippen molar-refractivity contribution < 1.29 is 9.13 Å². The second kappa shape index (κ2) is 4.49. The SMILES string of the molecule is C[C@@]1(c2ccccc2F)CSC2(CCCO2)C(N)=N1. The van der Waals surface area contributed by atoms with Crippen LogP contribution in [-0.4, -0.2) is 23.1 Å². The van der Waals surface area contributed by atoms with E-state index in [1.54, 1.807) is 23.9 Å². The molecule has 1 unspecified atom stereocenters. The molecule has 1 aromatic carbocycles. The number of ether oxygens (including phenoxy) is 1.